The number of hydrogen-bond acceptors (Lipinski definition) is 5. The van der Waals surface area contributed by atoms with Crippen LogP contribution in [0.5, 0.6) is 11.8 Å². The number of hydrogen-bond donors (Lipinski definition) is 1. The highest BCUT2D eigenvalue weighted by Crippen LogP contribution is 2.29. The van der Waals surface area contributed by atoms with Gasteiger partial charge in [-0.05, 0) is 29.1 Å². The van der Waals surface area contributed by atoms with E-state index in [0.29, 0.717) is 11.7 Å². The lowest BCUT2D eigenvalue weighted by molar-refractivity contribution is 0.433. The molecule has 6 heteroatoms. The SMILES string of the molecule is CC(C)c1ccccc1Oc1nc(N)nc(Cl)n1. The van der Waals surface area contributed by atoms with E-state index in [9.17, 15) is 0 Å². The number of benzene rings is 1. The Morgan fingerprint density at radius 3 is 2.56 bits per heavy atom. The summed E-state index contributed by atoms with van der Waals surface area (Å²) in [5.74, 6) is 1.05. The first kappa shape index (κ1) is 12.6. The normalized spacial score (nSPS) is 10.7. The van der Waals surface area contributed by atoms with E-state index in [1.165, 1.54) is 0 Å². The number of halogens is 1. The van der Waals surface area contributed by atoms with Gasteiger partial charge in [0.25, 0.3) is 0 Å². The molecule has 2 aromatic rings. The molecule has 0 fully saturated rings. The van der Waals surface area contributed by atoms with E-state index in [4.69, 9.17) is 22.1 Å². The van der Waals surface area contributed by atoms with E-state index in [0.717, 1.165) is 5.56 Å². The minimum absolute atomic E-state index is 0.0135. The van der Waals surface area contributed by atoms with Gasteiger partial charge in [0.05, 0.1) is 0 Å². The largest absolute Gasteiger partial charge is 0.424 e. The number of nitrogens with zero attached hydrogens (tertiary/aromatic N) is 3. The summed E-state index contributed by atoms with van der Waals surface area (Å²) in [5, 5.41) is 0.0135. The smallest absolute Gasteiger partial charge is 0.328 e. The fraction of sp³-hybridized carbons (Fsp3) is 0.250. The lowest BCUT2D eigenvalue weighted by atomic mass is 10.0. The summed E-state index contributed by atoms with van der Waals surface area (Å²) in [7, 11) is 0. The number of nitrogen functional groups attached to an aromatic ring is 1. The first-order valence-corrected chi connectivity index (χ1v) is 5.88. The highest BCUT2D eigenvalue weighted by atomic mass is 35.5. The number of anilines is 1. The van der Waals surface area contributed by atoms with E-state index in [-0.39, 0.29) is 17.2 Å². The van der Waals surface area contributed by atoms with Crippen LogP contribution in [0.4, 0.5) is 5.95 Å². The summed E-state index contributed by atoms with van der Waals surface area (Å²) in [5.41, 5.74) is 6.55. The van der Waals surface area contributed by atoms with Crippen molar-refractivity contribution in [2.45, 2.75) is 19.8 Å². The molecule has 0 radical (unpaired) electrons. The minimum atomic E-state index is 0.0135. The number of para-hydroxylation sites is 1. The average Bonchev–Trinajstić information content (AvgIpc) is 2.27. The van der Waals surface area contributed by atoms with Crippen LogP contribution in [0.3, 0.4) is 0 Å². The number of aromatic nitrogens is 3. The maximum Gasteiger partial charge on any atom is 0.328 e. The first-order valence-electron chi connectivity index (χ1n) is 5.50. The number of nitrogens with two attached hydrogens (primary N) is 1. The summed E-state index contributed by atoms with van der Waals surface area (Å²) in [6.45, 7) is 4.16. The van der Waals surface area contributed by atoms with Gasteiger partial charge >= 0.3 is 6.01 Å². The lowest BCUT2D eigenvalue weighted by Crippen LogP contribution is -2.01. The average molecular weight is 265 g/mol. The van der Waals surface area contributed by atoms with E-state index in [1.54, 1.807) is 0 Å². The van der Waals surface area contributed by atoms with Crippen LogP contribution in [0.25, 0.3) is 0 Å². The second kappa shape index (κ2) is 5.18. The van der Waals surface area contributed by atoms with E-state index in [1.807, 2.05) is 24.3 Å². The topological polar surface area (TPSA) is 73.9 Å². The van der Waals surface area contributed by atoms with Crippen molar-refractivity contribution < 1.29 is 4.74 Å². The van der Waals surface area contributed by atoms with Crippen LogP contribution in [0.2, 0.25) is 5.28 Å². The number of rotatable bonds is 3. The van der Waals surface area contributed by atoms with E-state index in [2.05, 4.69) is 28.8 Å². The zero-order chi connectivity index (χ0) is 13.1. The molecule has 18 heavy (non-hydrogen) atoms. The molecule has 94 valence electrons. The molecule has 0 spiro atoms. The Labute approximate surface area is 110 Å². The van der Waals surface area contributed by atoms with Crippen LogP contribution in [-0.2, 0) is 0 Å². The molecule has 1 aromatic heterocycles. The summed E-state index contributed by atoms with van der Waals surface area (Å²) >= 11 is 5.70. The Morgan fingerprint density at radius 1 is 1.17 bits per heavy atom. The van der Waals surface area contributed by atoms with Crippen LogP contribution in [0, 0.1) is 0 Å². The second-order valence-electron chi connectivity index (χ2n) is 4.04. The Hall–Kier alpha value is -1.88. The Balaban J connectivity index is 2.34. The van der Waals surface area contributed by atoms with Gasteiger partial charge in [0.2, 0.25) is 11.2 Å². The Morgan fingerprint density at radius 2 is 1.89 bits per heavy atom. The molecule has 0 amide bonds. The molecule has 1 aromatic carbocycles. The van der Waals surface area contributed by atoms with Gasteiger partial charge in [0.15, 0.2) is 0 Å². The molecule has 0 aliphatic heterocycles. The zero-order valence-corrected chi connectivity index (χ0v) is 10.8. The molecule has 5 nitrogen and oxygen atoms in total. The molecule has 0 atom stereocenters. The first-order chi connectivity index (χ1) is 8.56. The van der Waals surface area contributed by atoms with Gasteiger partial charge < -0.3 is 10.5 Å². The minimum Gasteiger partial charge on any atom is -0.424 e. The quantitative estimate of drug-likeness (QED) is 0.922. The fourth-order valence-electron chi connectivity index (χ4n) is 1.54. The predicted octanol–water partition coefficient (Wildman–Crippen LogP) is 3.02. The third kappa shape index (κ3) is 2.87. The zero-order valence-electron chi connectivity index (χ0n) is 10.1. The van der Waals surface area contributed by atoms with E-state index < -0.39 is 0 Å². The van der Waals surface area contributed by atoms with Crippen molar-refractivity contribution in [3.05, 3.63) is 35.1 Å². The van der Waals surface area contributed by atoms with E-state index >= 15 is 0 Å². The van der Waals surface area contributed by atoms with Crippen molar-refractivity contribution >= 4 is 17.5 Å². The van der Waals surface area contributed by atoms with Gasteiger partial charge in [-0.25, -0.2) is 0 Å². The maximum absolute atomic E-state index is 5.70. The molecule has 1 heterocycles. The van der Waals surface area contributed by atoms with Crippen molar-refractivity contribution in [1.29, 1.82) is 0 Å². The highest BCUT2D eigenvalue weighted by molar-refractivity contribution is 6.28. The van der Waals surface area contributed by atoms with Crippen LogP contribution < -0.4 is 10.5 Å². The van der Waals surface area contributed by atoms with Gasteiger partial charge in [-0.3, -0.25) is 0 Å². The monoisotopic (exact) mass is 264 g/mol. The summed E-state index contributed by atoms with van der Waals surface area (Å²) in [6.07, 6.45) is 0. The molecule has 0 aliphatic rings. The van der Waals surface area contributed by atoms with Crippen LogP contribution >= 0.6 is 11.6 Å². The predicted molar refractivity (Wildman–Crippen MR) is 69.9 cm³/mol. The van der Waals surface area contributed by atoms with Crippen molar-refractivity contribution in [2.24, 2.45) is 0 Å². The molecule has 0 saturated carbocycles. The van der Waals surface area contributed by atoms with Crippen LogP contribution in [0.1, 0.15) is 25.3 Å². The Kier molecular flexibility index (Phi) is 3.62. The summed E-state index contributed by atoms with van der Waals surface area (Å²) < 4.78 is 5.61. The fourth-order valence-corrected chi connectivity index (χ4v) is 1.70. The maximum atomic E-state index is 5.70. The van der Waals surface area contributed by atoms with Crippen molar-refractivity contribution in [3.63, 3.8) is 0 Å². The van der Waals surface area contributed by atoms with Gasteiger partial charge in [-0.2, -0.15) is 15.0 Å². The molecule has 0 saturated heterocycles. The number of ether oxygens (including phenoxy) is 1. The lowest BCUT2D eigenvalue weighted by Gasteiger charge is -2.12. The molecular formula is C12H13ClN4O. The summed E-state index contributed by atoms with van der Waals surface area (Å²) in [4.78, 5) is 11.4. The molecule has 2 rings (SSSR count). The van der Waals surface area contributed by atoms with Crippen molar-refractivity contribution in [1.82, 2.24) is 15.0 Å². The molecule has 0 unspecified atom stereocenters. The van der Waals surface area contributed by atoms with Crippen molar-refractivity contribution in [2.75, 3.05) is 5.73 Å². The van der Waals surface area contributed by atoms with Crippen LogP contribution in [0.15, 0.2) is 24.3 Å². The molecule has 2 N–H and O–H groups in total. The highest BCUT2D eigenvalue weighted by Gasteiger charge is 2.10. The van der Waals surface area contributed by atoms with Crippen LogP contribution in [-0.4, -0.2) is 15.0 Å². The van der Waals surface area contributed by atoms with Gasteiger partial charge in [0, 0.05) is 0 Å². The Bertz CT molecular complexity index is 539. The standard InChI is InChI=1S/C12H13ClN4O/c1-7(2)8-5-3-4-6-9(8)18-12-16-10(13)15-11(14)17-12/h3-7H,1-2H3,(H2,14,15,16,17). The van der Waals surface area contributed by atoms with Gasteiger partial charge in [-0.1, -0.05) is 32.0 Å². The second-order valence-corrected chi connectivity index (χ2v) is 4.38. The van der Waals surface area contributed by atoms with Crippen molar-refractivity contribution in [3.8, 4) is 11.8 Å². The molecule has 0 bridgehead atoms. The third-order valence-electron chi connectivity index (χ3n) is 2.35. The molecule has 0 aliphatic carbocycles. The molecular weight excluding hydrogens is 252 g/mol. The summed E-state index contributed by atoms with van der Waals surface area (Å²) in [6, 6.07) is 7.78. The van der Waals surface area contributed by atoms with Gasteiger partial charge in [-0.15, -0.1) is 0 Å². The van der Waals surface area contributed by atoms with Gasteiger partial charge in [0.1, 0.15) is 5.75 Å². The third-order valence-corrected chi connectivity index (χ3v) is 2.52.